The van der Waals surface area contributed by atoms with E-state index >= 15 is 0 Å². The number of rotatable bonds is 9. The van der Waals surface area contributed by atoms with Gasteiger partial charge in [0.2, 0.25) is 15.8 Å². The molecule has 0 fully saturated rings. The summed E-state index contributed by atoms with van der Waals surface area (Å²) in [4.78, 5) is 3.32. The molecule has 11 heteroatoms. The Labute approximate surface area is 228 Å². The second kappa shape index (κ2) is 12.0. The smallest absolute Gasteiger partial charge is 0.224 e. The van der Waals surface area contributed by atoms with Gasteiger partial charge in [0.25, 0.3) is 0 Å². The summed E-state index contributed by atoms with van der Waals surface area (Å²) in [7, 11) is -1.27. The Morgan fingerprint density at radius 1 is 1.23 bits per heavy atom. The molecule has 0 spiro atoms. The molecule has 4 N–H and O–H groups in total. The van der Waals surface area contributed by atoms with Crippen LogP contribution in [0.15, 0.2) is 63.5 Å². The number of sulfone groups is 1. The van der Waals surface area contributed by atoms with Crippen LogP contribution in [0.25, 0.3) is 5.57 Å². The maximum Gasteiger partial charge on any atom is 0.224 e. The summed E-state index contributed by atoms with van der Waals surface area (Å²) in [5.74, 6) is -1.33. The molecule has 39 heavy (non-hydrogen) atoms. The number of hydrogen-bond acceptors (Lipinski definition) is 9. The van der Waals surface area contributed by atoms with E-state index < -0.39 is 50.7 Å². The van der Waals surface area contributed by atoms with Gasteiger partial charge in [-0.25, -0.2) is 13.4 Å². The van der Waals surface area contributed by atoms with Crippen molar-refractivity contribution in [1.82, 2.24) is 15.6 Å². The summed E-state index contributed by atoms with van der Waals surface area (Å²) in [5.41, 5.74) is 2.52. The molecule has 4 atom stereocenters. The van der Waals surface area contributed by atoms with Crippen molar-refractivity contribution in [3.63, 3.8) is 0 Å². The molecule has 0 aromatic carbocycles. The first kappa shape index (κ1) is 29.0. The quantitative estimate of drug-likeness (QED) is 0.335. The fourth-order valence-electron chi connectivity index (χ4n) is 5.46. The maximum absolute atomic E-state index is 13.8. The lowest BCUT2D eigenvalue weighted by Crippen LogP contribution is -2.53. The summed E-state index contributed by atoms with van der Waals surface area (Å²) in [6.07, 6.45) is 7.45. The highest BCUT2D eigenvalue weighted by Crippen LogP contribution is 2.41. The Bertz CT molecular complexity index is 1370. The summed E-state index contributed by atoms with van der Waals surface area (Å²) in [6, 6.07) is 2.39. The highest BCUT2D eigenvalue weighted by molar-refractivity contribution is 7.99. The minimum Gasteiger partial charge on any atom is -0.510 e. The van der Waals surface area contributed by atoms with E-state index in [1.54, 1.807) is 32.3 Å². The number of pyridine rings is 1. The molecule has 0 saturated carbocycles. The molecular weight excluding hydrogens is 525 g/mol. The minimum absolute atomic E-state index is 0.134. The number of dihydropyridines is 1. The number of aliphatic hydroxyl groups is 2. The van der Waals surface area contributed by atoms with E-state index in [-0.39, 0.29) is 11.6 Å². The van der Waals surface area contributed by atoms with Gasteiger partial charge in [0.1, 0.15) is 27.7 Å². The minimum atomic E-state index is -4.35. The number of aromatic nitrogens is 1. The van der Waals surface area contributed by atoms with Crippen molar-refractivity contribution in [3.05, 3.63) is 80.7 Å². The van der Waals surface area contributed by atoms with E-state index in [9.17, 15) is 23.0 Å². The van der Waals surface area contributed by atoms with Gasteiger partial charge in [-0.05, 0) is 49.6 Å². The Morgan fingerprint density at radius 2 is 2.00 bits per heavy atom. The van der Waals surface area contributed by atoms with Gasteiger partial charge in [0.15, 0.2) is 0 Å². The van der Waals surface area contributed by atoms with Crippen molar-refractivity contribution in [1.29, 1.82) is 0 Å². The topological polar surface area (TPSA) is 130 Å². The third-order valence-corrected chi connectivity index (χ3v) is 9.27. The van der Waals surface area contributed by atoms with Crippen molar-refractivity contribution in [2.45, 2.75) is 57.9 Å². The van der Waals surface area contributed by atoms with Crippen LogP contribution in [0.3, 0.4) is 0 Å². The SMILES string of the molecule is CCCCC1NC(O)C(S(=O)(=O)C2=CC=C(c3ccc(F)nc3C)CN2)=C(O)C1C1=C(OC)C=CCC1OC. The first-order valence-electron chi connectivity index (χ1n) is 13.0. The van der Waals surface area contributed by atoms with Crippen LogP contribution in [0, 0.1) is 18.8 Å². The van der Waals surface area contributed by atoms with Crippen molar-refractivity contribution >= 4 is 15.4 Å². The van der Waals surface area contributed by atoms with E-state index in [1.165, 1.54) is 19.3 Å². The molecule has 2 aliphatic heterocycles. The lowest BCUT2D eigenvalue weighted by atomic mass is 9.79. The van der Waals surface area contributed by atoms with Crippen molar-refractivity contribution in [2.75, 3.05) is 20.8 Å². The monoisotopic (exact) mass is 561 g/mol. The van der Waals surface area contributed by atoms with E-state index in [4.69, 9.17) is 9.47 Å². The lowest BCUT2D eigenvalue weighted by Gasteiger charge is -2.40. The molecule has 1 aromatic heterocycles. The Hall–Kier alpha value is -2.99. The van der Waals surface area contributed by atoms with Gasteiger partial charge in [-0.3, -0.25) is 5.32 Å². The molecule has 3 aliphatic rings. The number of halogens is 1. The zero-order chi connectivity index (χ0) is 28.3. The molecule has 1 aromatic rings. The molecule has 0 saturated heterocycles. The zero-order valence-corrected chi connectivity index (χ0v) is 23.4. The van der Waals surface area contributed by atoms with Crippen molar-refractivity contribution in [3.8, 4) is 0 Å². The maximum atomic E-state index is 13.8. The van der Waals surface area contributed by atoms with Crippen LogP contribution in [0.2, 0.25) is 0 Å². The number of nitrogens with one attached hydrogen (secondary N) is 2. The number of allylic oxidation sites excluding steroid dienone is 3. The number of ether oxygens (including phenoxy) is 2. The molecule has 3 heterocycles. The Balaban J connectivity index is 1.79. The van der Waals surface area contributed by atoms with Gasteiger partial charge in [0.05, 0.1) is 19.1 Å². The van der Waals surface area contributed by atoms with Crippen LogP contribution in [0.4, 0.5) is 4.39 Å². The predicted octanol–water partition coefficient (Wildman–Crippen LogP) is 3.51. The number of unbranched alkanes of at least 4 members (excludes halogenated alkanes) is 1. The summed E-state index contributed by atoms with van der Waals surface area (Å²) < 4.78 is 52.4. The normalized spacial score (nSPS) is 25.8. The molecule has 4 rings (SSSR count). The highest BCUT2D eigenvalue weighted by Gasteiger charge is 2.46. The highest BCUT2D eigenvalue weighted by atomic mass is 32.2. The van der Waals surface area contributed by atoms with Gasteiger partial charge in [0, 0.05) is 36.5 Å². The number of aryl methyl sites for hydroxylation is 1. The average Bonchev–Trinajstić information content (AvgIpc) is 2.91. The fourth-order valence-corrected chi connectivity index (χ4v) is 6.97. The molecule has 0 radical (unpaired) electrons. The molecule has 1 aliphatic carbocycles. The van der Waals surface area contributed by atoms with E-state index in [1.807, 2.05) is 13.0 Å². The van der Waals surface area contributed by atoms with Gasteiger partial charge in [-0.2, -0.15) is 4.39 Å². The molecule has 4 unspecified atom stereocenters. The molecule has 9 nitrogen and oxygen atoms in total. The zero-order valence-electron chi connectivity index (χ0n) is 22.6. The molecule has 0 bridgehead atoms. The summed E-state index contributed by atoms with van der Waals surface area (Å²) in [6.45, 7) is 3.84. The Kier molecular flexibility index (Phi) is 8.95. The van der Waals surface area contributed by atoms with E-state index in [0.29, 0.717) is 35.4 Å². The van der Waals surface area contributed by atoms with Gasteiger partial charge >= 0.3 is 0 Å². The third kappa shape index (κ3) is 5.67. The number of methoxy groups -OCH3 is 2. The van der Waals surface area contributed by atoms with Crippen molar-refractivity contribution < 1.29 is 32.5 Å². The second-order valence-electron chi connectivity index (χ2n) is 9.78. The fraction of sp³-hybridized carbons (Fsp3) is 0.464. The summed E-state index contributed by atoms with van der Waals surface area (Å²) >= 11 is 0. The summed E-state index contributed by atoms with van der Waals surface area (Å²) in [5, 5.41) is 28.4. The number of nitrogens with zero attached hydrogens (tertiary/aromatic N) is 1. The Morgan fingerprint density at radius 3 is 2.62 bits per heavy atom. The second-order valence-corrected chi connectivity index (χ2v) is 11.7. The number of hydrogen-bond donors (Lipinski definition) is 4. The van der Waals surface area contributed by atoms with E-state index in [0.717, 1.165) is 18.4 Å². The predicted molar refractivity (Wildman–Crippen MR) is 146 cm³/mol. The molecule has 0 amide bonds. The first-order valence-corrected chi connectivity index (χ1v) is 14.5. The van der Waals surface area contributed by atoms with Gasteiger partial charge in [-0.15, -0.1) is 0 Å². The van der Waals surface area contributed by atoms with Crippen molar-refractivity contribution in [2.24, 2.45) is 5.92 Å². The van der Waals surface area contributed by atoms with E-state index in [2.05, 4.69) is 15.6 Å². The van der Waals surface area contributed by atoms with Crippen LogP contribution < -0.4 is 10.6 Å². The van der Waals surface area contributed by atoms with Crippen LogP contribution in [-0.2, 0) is 19.3 Å². The molecular formula is C28H36FN3O6S. The molecule has 212 valence electrons. The third-order valence-electron chi connectivity index (χ3n) is 7.39. The van der Waals surface area contributed by atoms with Crippen LogP contribution in [0.5, 0.6) is 0 Å². The first-order chi connectivity index (χ1) is 18.6. The van der Waals surface area contributed by atoms with Crippen LogP contribution in [0.1, 0.15) is 43.9 Å². The van der Waals surface area contributed by atoms with Gasteiger partial charge in [-0.1, -0.05) is 31.9 Å². The number of aliphatic hydroxyl groups excluding tert-OH is 2. The largest absolute Gasteiger partial charge is 0.510 e. The van der Waals surface area contributed by atoms with Crippen LogP contribution >= 0.6 is 0 Å². The van der Waals surface area contributed by atoms with Crippen LogP contribution in [-0.4, -0.2) is 62.8 Å². The average molecular weight is 562 g/mol. The standard InChI is InChI=1S/C28H36FN3O6S/c1-5-6-8-19-24(25-20(37-3)9-7-10-21(25)38-4)26(33)27(28(34)32-19)39(35,36)23-14-11-17(15-30-23)18-12-13-22(29)31-16(18)2/h7,9,11-14,19,21,24,28,30,32-34H,5-6,8,10,15H2,1-4H3. The van der Waals surface area contributed by atoms with Gasteiger partial charge < -0.3 is 25.0 Å². The lowest BCUT2D eigenvalue weighted by molar-refractivity contribution is 0.0841.